The molecule has 2 rings (SSSR count). The van der Waals surface area contributed by atoms with E-state index in [1.54, 1.807) is 0 Å². The van der Waals surface area contributed by atoms with E-state index in [0.29, 0.717) is 0 Å². The molecule has 2 N–H and O–H groups in total. The van der Waals surface area contributed by atoms with Crippen LogP contribution in [-0.2, 0) is 16.3 Å². The fourth-order valence-electron chi connectivity index (χ4n) is 1.50. The molecule has 0 radical (unpaired) electrons. The second-order valence-corrected chi connectivity index (χ2v) is 3.63. The Hall–Kier alpha value is -1.59. The molecular weight excluding hydrogens is 236 g/mol. The average Bonchev–Trinajstić information content (AvgIpc) is 2.72. The monoisotopic (exact) mass is 252 g/mol. The molecule has 4 nitrogen and oxygen atoms in total. The summed E-state index contributed by atoms with van der Waals surface area (Å²) in [4.78, 5) is 8.09. The second kappa shape index (κ2) is 6.88. The van der Waals surface area contributed by atoms with Gasteiger partial charge in [0.25, 0.3) is 5.17 Å². The van der Waals surface area contributed by atoms with Crippen LogP contribution in [0.25, 0.3) is 10.9 Å². The first kappa shape index (κ1) is 13.5. The van der Waals surface area contributed by atoms with Crippen LogP contribution >= 0.6 is 12.2 Å². The van der Waals surface area contributed by atoms with E-state index in [-0.39, 0.29) is 5.17 Å². The lowest BCUT2D eigenvalue weighted by atomic mass is 10.2. The smallest absolute Gasteiger partial charge is 0.294 e. The zero-order chi connectivity index (χ0) is 12.7. The number of benzene rings is 1. The number of nitrogens with two attached hydrogens (primary N) is 1. The first-order valence-electron chi connectivity index (χ1n) is 5.23. The minimum Gasteiger partial charge on any atom is -0.358 e. The number of thiocarbonyl (C=S) groups is 1. The summed E-state index contributed by atoms with van der Waals surface area (Å²) in [6.07, 6.45) is 2.13. The molecule has 0 saturated carbocycles. The molecular formula is C12H16N2O2S. The van der Waals surface area contributed by atoms with E-state index in [0.717, 1.165) is 6.54 Å². The fraction of sp³-hybridized carbons (Fsp3) is 0.250. The van der Waals surface area contributed by atoms with Gasteiger partial charge in [0.05, 0.1) is 7.11 Å². The summed E-state index contributed by atoms with van der Waals surface area (Å²) < 4.78 is 2.25. The topological polar surface area (TPSA) is 49.4 Å². The van der Waals surface area contributed by atoms with Gasteiger partial charge in [0, 0.05) is 18.3 Å². The SMILES string of the molecule is CCn1ccc2ccccc21.COOC(N)=S. The molecule has 1 aromatic carbocycles. The third-order valence-electron chi connectivity index (χ3n) is 2.19. The summed E-state index contributed by atoms with van der Waals surface area (Å²) in [6.45, 7) is 3.21. The molecule has 5 heteroatoms. The summed E-state index contributed by atoms with van der Waals surface area (Å²) >= 11 is 4.23. The summed E-state index contributed by atoms with van der Waals surface area (Å²) in [5.74, 6) is 0. The molecule has 17 heavy (non-hydrogen) atoms. The van der Waals surface area contributed by atoms with Crippen molar-refractivity contribution in [3.05, 3.63) is 36.5 Å². The molecule has 0 amide bonds. The Balaban J connectivity index is 0.000000209. The summed E-state index contributed by atoms with van der Waals surface area (Å²) in [6, 6.07) is 10.6. The van der Waals surface area contributed by atoms with Gasteiger partial charge in [0.1, 0.15) is 0 Å². The van der Waals surface area contributed by atoms with Crippen molar-refractivity contribution in [1.82, 2.24) is 4.57 Å². The Kier molecular flexibility index (Phi) is 5.45. The lowest BCUT2D eigenvalue weighted by Crippen LogP contribution is -2.11. The van der Waals surface area contributed by atoms with Crippen LogP contribution in [0.5, 0.6) is 0 Å². The van der Waals surface area contributed by atoms with E-state index in [2.05, 4.69) is 70.0 Å². The van der Waals surface area contributed by atoms with Gasteiger partial charge >= 0.3 is 0 Å². The lowest BCUT2D eigenvalue weighted by molar-refractivity contribution is -0.192. The van der Waals surface area contributed by atoms with Crippen LogP contribution < -0.4 is 5.73 Å². The van der Waals surface area contributed by atoms with Crippen LogP contribution in [0.3, 0.4) is 0 Å². The Morgan fingerprint density at radius 1 is 1.35 bits per heavy atom. The van der Waals surface area contributed by atoms with Crippen molar-refractivity contribution in [2.24, 2.45) is 5.73 Å². The molecule has 0 spiro atoms. The highest BCUT2D eigenvalue weighted by Crippen LogP contribution is 2.14. The Morgan fingerprint density at radius 3 is 2.59 bits per heavy atom. The maximum absolute atomic E-state index is 4.79. The van der Waals surface area contributed by atoms with Crippen LogP contribution in [0.2, 0.25) is 0 Å². The molecule has 0 atom stereocenters. The van der Waals surface area contributed by atoms with Crippen molar-refractivity contribution in [2.75, 3.05) is 7.11 Å². The molecule has 0 fully saturated rings. The van der Waals surface area contributed by atoms with Crippen molar-refractivity contribution < 1.29 is 9.78 Å². The first-order chi connectivity index (χ1) is 8.19. The highest BCUT2D eigenvalue weighted by atomic mass is 32.1. The number of aryl methyl sites for hydroxylation is 1. The molecule has 0 saturated heterocycles. The van der Waals surface area contributed by atoms with E-state index in [9.17, 15) is 0 Å². The van der Waals surface area contributed by atoms with Crippen LogP contribution in [-0.4, -0.2) is 16.9 Å². The molecule has 1 aromatic heterocycles. The summed E-state index contributed by atoms with van der Waals surface area (Å²) in [5.41, 5.74) is 6.12. The molecule has 0 aliphatic heterocycles. The Morgan fingerprint density at radius 2 is 2.06 bits per heavy atom. The van der Waals surface area contributed by atoms with E-state index in [4.69, 9.17) is 5.73 Å². The predicted octanol–water partition coefficient (Wildman–Crippen LogP) is 2.47. The number of fused-ring (bicyclic) bond motifs is 1. The van der Waals surface area contributed by atoms with Crippen molar-refractivity contribution in [3.63, 3.8) is 0 Å². The minimum atomic E-state index is -0.0995. The third kappa shape index (κ3) is 4.05. The van der Waals surface area contributed by atoms with Crippen molar-refractivity contribution in [1.29, 1.82) is 0 Å². The van der Waals surface area contributed by atoms with Gasteiger partial charge in [-0.05, 0) is 36.7 Å². The maximum Gasteiger partial charge on any atom is 0.294 e. The predicted molar refractivity (Wildman–Crippen MR) is 72.5 cm³/mol. The van der Waals surface area contributed by atoms with E-state index in [1.807, 2.05) is 0 Å². The third-order valence-corrected chi connectivity index (χ3v) is 2.25. The minimum absolute atomic E-state index is 0.0995. The van der Waals surface area contributed by atoms with Gasteiger partial charge in [0.2, 0.25) is 0 Å². The number of nitrogens with zero attached hydrogens (tertiary/aromatic N) is 1. The second-order valence-electron chi connectivity index (χ2n) is 3.23. The number of rotatable bonds is 2. The number of aromatic nitrogens is 1. The lowest BCUT2D eigenvalue weighted by Gasteiger charge is -1.98. The first-order valence-corrected chi connectivity index (χ1v) is 5.63. The fourth-order valence-corrected chi connectivity index (χ4v) is 1.57. The van der Waals surface area contributed by atoms with E-state index < -0.39 is 0 Å². The standard InChI is InChI=1S/C10H11N.C2H5NO2S/c1-2-11-8-7-9-5-3-4-6-10(9)11;1-4-5-2(3)6/h3-8H,2H2,1H3;1H3,(H2,3,6). The van der Waals surface area contributed by atoms with Gasteiger partial charge in [-0.3, -0.25) is 0 Å². The molecule has 2 aromatic rings. The van der Waals surface area contributed by atoms with Crippen molar-refractivity contribution in [2.45, 2.75) is 13.5 Å². The van der Waals surface area contributed by atoms with Gasteiger partial charge in [-0.2, -0.15) is 4.89 Å². The largest absolute Gasteiger partial charge is 0.358 e. The molecule has 1 heterocycles. The van der Waals surface area contributed by atoms with Crippen LogP contribution in [0.4, 0.5) is 0 Å². The molecule has 0 unspecified atom stereocenters. The van der Waals surface area contributed by atoms with Gasteiger partial charge in [0.15, 0.2) is 0 Å². The highest BCUT2D eigenvalue weighted by molar-refractivity contribution is 7.79. The number of para-hydroxylation sites is 1. The molecule has 0 aliphatic carbocycles. The van der Waals surface area contributed by atoms with Gasteiger partial charge in [-0.25, -0.2) is 0 Å². The molecule has 0 bridgehead atoms. The Bertz CT molecular complexity index is 482. The normalized spacial score (nSPS) is 9.53. The summed E-state index contributed by atoms with van der Waals surface area (Å²) in [7, 11) is 1.33. The zero-order valence-electron chi connectivity index (χ0n) is 9.92. The maximum atomic E-state index is 4.79. The van der Waals surface area contributed by atoms with E-state index in [1.165, 1.54) is 18.0 Å². The summed E-state index contributed by atoms with van der Waals surface area (Å²) in [5, 5.41) is 1.23. The molecule has 92 valence electrons. The van der Waals surface area contributed by atoms with E-state index >= 15 is 0 Å². The highest BCUT2D eigenvalue weighted by Gasteiger charge is 1.95. The quantitative estimate of drug-likeness (QED) is 0.507. The van der Waals surface area contributed by atoms with Crippen molar-refractivity contribution >= 4 is 28.3 Å². The zero-order valence-corrected chi connectivity index (χ0v) is 10.7. The van der Waals surface area contributed by atoms with Crippen LogP contribution in [0.15, 0.2) is 36.5 Å². The molecule has 0 aliphatic rings. The van der Waals surface area contributed by atoms with Gasteiger partial charge in [-0.15, -0.1) is 0 Å². The van der Waals surface area contributed by atoms with Crippen molar-refractivity contribution in [3.8, 4) is 0 Å². The number of hydrogen-bond acceptors (Lipinski definition) is 3. The number of hydrogen-bond donors (Lipinski definition) is 1. The Labute approximate surface area is 106 Å². The average molecular weight is 252 g/mol. The van der Waals surface area contributed by atoms with Crippen LogP contribution in [0.1, 0.15) is 6.92 Å². The van der Waals surface area contributed by atoms with Gasteiger partial charge < -0.3 is 15.2 Å². The van der Waals surface area contributed by atoms with Gasteiger partial charge in [-0.1, -0.05) is 18.2 Å². The van der Waals surface area contributed by atoms with Crippen LogP contribution in [0, 0.1) is 0 Å².